The van der Waals surface area contributed by atoms with Crippen LogP contribution in [0.25, 0.3) is 0 Å². The summed E-state index contributed by atoms with van der Waals surface area (Å²) in [5.74, 6) is -0.278. The number of piperidine rings is 1. The minimum absolute atomic E-state index is 0.174. The fraction of sp³-hybridized carbons (Fsp3) is 0.533. The number of carbonyl (C=O) groups excluding carboxylic acids is 1. The maximum atomic E-state index is 13.6. The molecule has 110 valence electrons. The molecule has 3 N–H and O–H groups in total. The fourth-order valence-corrected chi connectivity index (χ4v) is 2.44. The molecule has 1 saturated heterocycles. The Hall–Kier alpha value is -1.46. The zero-order chi connectivity index (χ0) is 14.4. The second-order valence-electron chi connectivity index (χ2n) is 5.22. The summed E-state index contributed by atoms with van der Waals surface area (Å²) in [6, 6.07) is 4.10. The predicted octanol–water partition coefficient (Wildman–Crippen LogP) is 1.83. The molecule has 1 fully saturated rings. The summed E-state index contributed by atoms with van der Waals surface area (Å²) >= 11 is 0. The number of carbonyl (C=O) groups is 1. The van der Waals surface area contributed by atoms with Gasteiger partial charge in [-0.2, -0.15) is 0 Å². The number of primary amides is 1. The van der Waals surface area contributed by atoms with E-state index in [4.69, 9.17) is 10.5 Å². The molecular weight excluding hydrogens is 259 g/mol. The molecule has 0 bridgehead atoms. The number of amides is 1. The van der Waals surface area contributed by atoms with Gasteiger partial charge in [-0.1, -0.05) is 0 Å². The van der Waals surface area contributed by atoms with Crippen LogP contribution in [0.4, 0.5) is 4.39 Å². The highest BCUT2D eigenvalue weighted by molar-refractivity contribution is 5.92. The molecule has 4 nitrogen and oxygen atoms in total. The van der Waals surface area contributed by atoms with E-state index in [1.165, 1.54) is 31.0 Å². The van der Waals surface area contributed by atoms with Crippen molar-refractivity contribution in [3.05, 3.63) is 35.1 Å². The first-order chi connectivity index (χ1) is 9.66. The Morgan fingerprint density at radius 1 is 1.50 bits per heavy atom. The molecule has 0 aromatic heterocycles. The molecule has 0 saturated carbocycles. The lowest BCUT2D eigenvalue weighted by Crippen LogP contribution is -2.30. The van der Waals surface area contributed by atoms with Gasteiger partial charge in [-0.25, -0.2) is 4.39 Å². The van der Waals surface area contributed by atoms with Crippen LogP contribution in [-0.2, 0) is 11.3 Å². The molecule has 0 radical (unpaired) electrons. The quantitative estimate of drug-likeness (QED) is 0.781. The number of halogens is 1. The Bertz CT molecular complexity index is 459. The Kier molecular flexibility index (Phi) is 5.49. The SMILES string of the molecule is NC(=O)c1ccc(F)c(COCCC2CCCNC2)c1. The molecular formula is C15H21FN2O2. The summed E-state index contributed by atoms with van der Waals surface area (Å²) in [7, 11) is 0. The van der Waals surface area contributed by atoms with Gasteiger partial charge in [-0.15, -0.1) is 0 Å². The van der Waals surface area contributed by atoms with Crippen molar-refractivity contribution in [2.45, 2.75) is 25.9 Å². The van der Waals surface area contributed by atoms with E-state index < -0.39 is 5.91 Å². The molecule has 0 spiro atoms. The predicted molar refractivity (Wildman–Crippen MR) is 74.8 cm³/mol. The Labute approximate surface area is 118 Å². The summed E-state index contributed by atoms with van der Waals surface area (Å²) in [4.78, 5) is 11.1. The van der Waals surface area contributed by atoms with E-state index in [0.717, 1.165) is 19.5 Å². The van der Waals surface area contributed by atoms with Gasteiger partial charge in [0.05, 0.1) is 6.61 Å². The third-order valence-corrected chi connectivity index (χ3v) is 3.66. The first-order valence-electron chi connectivity index (χ1n) is 7.03. The zero-order valence-corrected chi connectivity index (χ0v) is 11.5. The highest BCUT2D eigenvalue weighted by atomic mass is 19.1. The number of hydrogen-bond donors (Lipinski definition) is 2. The maximum Gasteiger partial charge on any atom is 0.248 e. The van der Waals surface area contributed by atoms with E-state index in [-0.39, 0.29) is 12.4 Å². The van der Waals surface area contributed by atoms with Gasteiger partial charge in [-0.05, 0) is 56.5 Å². The van der Waals surface area contributed by atoms with E-state index in [0.29, 0.717) is 23.7 Å². The van der Waals surface area contributed by atoms with Crippen molar-refractivity contribution in [3.63, 3.8) is 0 Å². The van der Waals surface area contributed by atoms with E-state index in [1.807, 2.05) is 0 Å². The van der Waals surface area contributed by atoms with Crippen LogP contribution in [0.15, 0.2) is 18.2 Å². The average molecular weight is 280 g/mol. The van der Waals surface area contributed by atoms with Crippen LogP contribution in [0.1, 0.15) is 35.2 Å². The zero-order valence-electron chi connectivity index (χ0n) is 11.5. The highest BCUT2D eigenvalue weighted by Crippen LogP contribution is 2.15. The summed E-state index contributed by atoms with van der Waals surface area (Å²) in [5.41, 5.74) is 5.86. The Balaban J connectivity index is 1.78. The van der Waals surface area contributed by atoms with Gasteiger partial charge >= 0.3 is 0 Å². The number of benzene rings is 1. The molecule has 1 aromatic rings. The number of nitrogens with two attached hydrogens (primary N) is 1. The smallest absolute Gasteiger partial charge is 0.248 e. The molecule has 1 unspecified atom stereocenters. The van der Waals surface area contributed by atoms with Crippen molar-refractivity contribution in [1.82, 2.24) is 5.32 Å². The van der Waals surface area contributed by atoms with Gasteiger partial charge in [-0.3, -0.25) is 4.79 Å². The molecule has 5 heteroatoms. The number of nitrogens with one attached hydrogen (secondary N) is 1. The van der Waals surface area contributed by atoms with Crippen LogP contribution in [0.3, 0.4) is 0 Å². The molecule has 1 aliphatic rings. The fourth-order valence-electron chi connectivity index (χ4n) is 2.44. The van der Waals surface area contributed by atoms with Crippen LogP contribution in [0.5, 0.6) is 0 Å². The number of hydrogen-bond acceptors (Lipinski definition) is 3. The molecule has 1 amide bonds. The second kappa shape index (κ2) is 7.36. The van der Waals surface area contributed by atoms with E-state index >= 15 is 0 Å². The lowest BCUT2D eigenvalue weighted by molar-refractivity contribution is 0.0991. The third kappa shape index (κ3) is 4.28. The van der Waals surface area contributed by atoms with Crippen LogP contribution in [0.2, 0.25) is 0 Å². The highest BCUT2D eigenvalue weighted by Gasteiger charge is 2.13. The number of ether oxygens (including phenoxy) is 1. The van der Waals surface area contributed by atoms with Crippen molar-refractivity contribution < 1.29 is 13.9 Å². The summed E-state index contributed by atoms with van der Waals surface area (Å²) in [6.45, 7) is 2.91. The van der Waals surface area contributed by atoms with Gasteiger partial charge in [0.1, 0.15) is 5.82 Å². The van der Waals surface area contributed by atoms with Gasteiger partial charge in [0.15, 0.2) is 0 Å². The van der Waals surface area contributed by atoms with Crippen LogP contribution >= 0.6 is 0 Å². The van der Waals surface area contributed by atoms with Crippen LogP contribution in [-0.4, -0.2) is 25.6 Å². The topological polar surface area (TPSA) is 64.4 Å². The van der Waals surface area contributed by atoms with Gasteiger partial charge in [0.25, 0.3) is 0 Å². The van der Waals surface area contributed by atoms with E-state index in [1.54, 1.807) is 0 Å². The number of rotatable bonds is 6. The van der Waals surface area contributed by atoms with Crippen molar-refractivity contribution in [2.75, 3.05) is 19.7 Å². The molecule has 1 atom stereocenters. The van der Waals surface area contributed by atoms with Crippen molar-refractivity contribution in [1.29, 1.82) is 0 Å². The molecule has 1 heterocycles. The summed E-state index contributed by atoms with van der Waals surface area (Å²) in [6.07, 6.45) is 3.41. The average Bonchev–Trinajstić information content (AvgIpc) is 2.46. The Morgan fingerprint density at radius 2 is 2.35 bits per heavy atom. The van der Waals surface area contributed by atoms with Crippen LogP contribution < -0.4 is 11.1 Å². The normalized spacial score (nSPS) is 18.9. The standard InChI is InChI=1S/C15H21FN2O2/c16-14-4-3-12(15(17)19)8-13(14)10-20-7-5-11-2-1-6-18-9-11/h3-4,8,11,18H,1-2,5-7,9-10H2,(H2,17,19). The summed E-state index contributed by atoms with van der Waals surface area (Å²) in [5, 5.41) is 3.36. The molecule has 1 aliphatic heterocycles. The molecule has 1 aromatic carbocycles. The second-order valence-corrected chi connectivity index (χ2v) is 5.22. The van der Waals surface area contributed by atoms with Crippen LogP contribution in [0, 0.1) is 11.7 Å². The van der Waals surface area contributed by atoms with Gasteiger partial charge in [0, 0.05) is 17.7 Å². The van der Waals surface area contributed by atoms with E-state index in [2.05, 4.69) is 5.32 Å². The van der Waals surface area contributed by atoms with E-state index in [9.17, 15) is 9.18 Å². The maximum absolute atomic E-state index is 13.6. The van der Waals surface area contributed by atoms with Gasteiger partial charge in [0.2, 0.25) is 5.91 Å². The monoisotopic (exact) mass is 280 g/mol. The molecule has 0 aliphatic carbocycles. The van der Waals surface area contributed by atoms with Crippen molar-refractivity contribution in [2.24, 2.45) is 11.7 Å². The minimum atomic E-state index is -0.556. The third-order valence-electron chi connectivity index (χ3n) is 3.66. The molecule has 2 rings (SSSR count). The van der Waals surface area contributed by atoms with Gasteiger partial charge < -0.3 is 15.8 Å². The first kappa shape index (κ1) is 14.9. The largest absolute Gasteiger partial charge is 0.377 e. The minimum Gasteiger partial charge on any atom is -0.377 e. The molecule has 20 heavy (non-hydrogen) atoms. The first-order valence-corrected chi connectivity index (χ1v) is 7.03. The van der Waals surface area contributed by atoms with Crippen molar-refractivity contribution in [3.8, 4) is 0 Å². The lowest BCUT2D eigenvalue weighted by Gasteiger charge is -2.22. The Morgan fingerprint density at radius 3 is 3.05 bits per heavy atom. The van der Waals surface area contributed by atoms with Crippen molar-refractivity contribution >= 4 is 5.91 Å². The lowest BCUT2D eigenvalue weighted by atomic mass is 9.97. The summed E-state index contributed by atoms with van der Waals surface area (Å²) < 4.78 is 19.1.